The summed E-state index contributed by atoms with van der Waals surface area (Å²) >= 11 is 0. The van der Waals surface area contributed by atoms with E-state index in [9.17, 15) is 13.2 Å². The van der Waals surface area contributed by atoms with Crippen molar-refractivity contribution in [3.8, 4) is 0 Å². The van der Waals surface area contributed by atoms with E-state index in [1.165, 1.54) is 5.56 Å². The van der Waals surface area contributed by atoms with Gasteiger partial charge in [0.25, 0.3) is 0 Å². The Morgan fingerprint density at radius 2 is 1.84 bits per heavy atom. The third-order valence-corrected chi connectivity index (χ3v) is 4.65. The van der Waals surface area contributed by atoms with Gasteiger partial charge in [-0.25, -0.2) is 13.2 Å². The Bertz CT molecular complexity index is 802. The molecule has 0 aliphatic heterocycles. The molecule has 0 bridgehead atoms. The van der Waals surface area contributed by atoms with Crippen molar-refractivity contribution in [2.24, 2.45) is 5.73 Å². The lowest BCUT2D eigenvalue weighted by atomic mass is 9.80. The van der Waals surface area contributed by atoms with Crippen LogP contribution in [0.5, 0.6) is 0 Å². The van der Waals surface area contributed by atoms with Gasteiger partial charge in [-0.05, 0) is 49.1 Å². The molecule has 1 aliphatic carbocycles. The Morgan fingerprint density at radius 3 is 2.56 bits per heavy atom. The van der Waals surface area contributed by atoms with Crippen molar-refractivity contribution < 1.29 is 13.2 Å². The Balaban J connectivity index is 1.69. The molecule has 5 heteroatoms. The molecule has 2 nitrogen and oxygen atoms in total. The van der Waals surface area contributed by atoms with Crippen molar-refractivity contribution in [3.63, 3.8) is 0 Å². The minimum atomic E-state index is -1.18. The molecule has 25 heavy (non-hydrogen) atoms. The van der Waals surface area contributed by atoms with E-state index in [4.69, 9.17) is 5.73 Å². The van der Waals surface area contributed by atoms with Crippen molar-refractivity contribution in [2.45, 2.75) is 31.7 Å². The number of nitrogens with one attached hydrogen (secondary N) is 1. The SMILES string of the molecule is Cc1cccc(NCC2=CC[C@H](c3cc(F)c(F)cc3F)[C@@H](N)C2)c1. The van der Waals surface area contributed by atoms with Gasteiger partial charge in [0.05, 0.1) is 0 Å². The Kier molecular flexibility index (Phi) is 5.13. The zero-order valence-corrected chi connectivity index (χ0v) is 14.0. The van der Waals surface area contributed by atoms with Gasteiger partial charge in [-0.15, -0.1) is 0 Å². The van der Waals surface area contributed by atoms with Crippen LogP contribution in [0.4, 0.5) is 18.9 Å². The molecule has 0 amide bonds. The second-order valence-electron chi connectivity index (χ2n) is 6.58. The molecule has 0 saturated carbocycles. The summed E-state index contributed by atoms with van der Waals surface area (Å²) in [6.45, 7) is 2.69. The van der Waals surface area contributed by atoms with E-state index in [-0.39, 0.29) is 17.5 Å². The van der Waals surface area contributed by atoms with Gasteiger partial charge in [-0.3, -0.25) is 0 Å². The lowest BCUT2D eigenvalue weighted by molar-refractivity contribution is 0.455. The highest BCUT2D eigenvalue weighted by molar-refractivity contribution is 5.46. The number of allylic oxidation sites excluding steroid dienone is 1. The summed E-state index contributed by atoms with van der Waals surface area (Å²) in [7, 11) is 0. The summed E-state index contributed by atoms with van der Waals surface area (Å²) in [6, 6.07) is 9.26. The van der Waals surface area contributed by atoms with Gasteiger partial charge in [-0.2, -0.15) is 0 Å². The van der Waals surface area contributed by atoms with E-state index in [1.54, 1.807) is 0 Å². The second-order valence-corrected chi connectivity index (χ2v) is 6.58. The van der Waals surface area contributed by atoms with E-state index >= 15 is 0 Å². The predicted octanol–water partition coefficient (Wildman–Crippen LogP) is 4.66. The van der Waals surface area contributed by atoms with E-state index in [0.717, 1.165) is 17.3 Å². The smallest absolute Gasteiger partial charge is 0.161 e. The standard InChI is InChI=1S/C20H21F3N2/c1-12-3-2-4-14(7-12)25-11-13-5-6-15(20(24)8-13)16-9-18(22)19(23)10-17(16)21/h2-5,7,9-10,15,20,25H,6,8,11,24H2,1H3/t15-,20+/m1/s1. The second kappa shape index (κ2) is 7.31. The molecule has 2 aromatic rings. The zero-order chi connectivity index (χ0) is 18.0. The molecule has 2 atom stereocenters. The highest BCUT2D eigenvalue weighted by Gasteiger charge is 2.27. The molecule has 2 aromatic carbocycles. The molecule has 0 saturated heterocycles. The number of benzene rings is 2. The Labute approximate surface area is 145 Å². The molecular weight excluding hydrogens is 325 g/mol. The first-order valence-electron chi connectivity index (χ1n) is 8.32. The van der Waals surface area contributed by atoms with E-state index in [1.807, 2.05) is 31.2 Å². The minimum absolute atomic E-state index is 0.147. The average Bonchev–Trinajstić information content (AvgIpc) is 2.57. The van der Waals surface area contributed by atoms with Gasteiger partial charge < -0.3 is 11.1 Å². The molecule has 0 aromatic heterocycles. The fraction of sp³-hybridized carbons (Fsp3) is 0.300. The van der Waals surface area contributed by atoms with E-state index < -0.39 is 17.5 Å². The summed E-state index contributed by atoms with van der Waals surface area (Å²) < 4.78 is 40.6. The molecular formula is C20H21F3N2. The lowest BCUT2D eigenvalue weighted by Gasteiger charge is -2.29. The van der Waals surface area contributed by atoms with Gasteiger partial charge in [-0.1, -0.05) is 23.8 Å². The fourth-order valence-corrected chi connectivity index (χ4v) is 3.29. The van der Waals surface area contributed by atoms with Crippen LogP contribution in [-0.4, -0.2) is 12.6 Å². The maximum atomic E-state index is 14.0. The molecule has 3 rings (SSSR count). The Hall–Kier alpha value is -2.27. The van der Waals surface area contributed by atoms with Crippen molar-refractivity contribution in [3.05, 3.63) is 76.6 Å². The van der Waals surface area contributed by atoms with Crippen LogP contribution in [0.3, 0.4) is 0 Å². The highest BCUT2D eigenvalue weighted by Crippen LogP contribution is 2.33. The average molecular weight is 346 g/mol. The number of aryl methyl sites for hydroxylation is 1. The third-order valence-electron chi connectivity index (χ3n) is 4.65. The van der Waals surface area contributed by atoms with Crippen molar-refractivity contribution in [2.75, 3.05) is 11.9 Å². The molecule has 0 heterocycles. The molecule has 1 aliphatic rings. The summed E-state index contributed by atoms with van der Waals surface area (Å²) in [5, 5.41) is 3.35. The van der Waals surface area contributed by atoms with Crippen LogP contribution < -0.4 is 11.1 Å². The van der Waals surface area contributed by atoms with Crippen molar-refractivity contribution in [1.82, 2.24) is 0 Å². The number of hydrogen-bond donors (Lipinski definition) is 2. The van der Waals surface area contributed by atoms with Crippen LogP contribution in [0.2, 0.25) is 0 Å². The van der Waals surface area contributed by atoms with Gasteiger partial charge in [0, 0.05) is 30.3 Å². The lowest BCUT2D eigenvalue weighted by Crippen LogP contribution is -2.33. The van der Waals surface area contributed by atoms with Gasteiger partial charge >= 0.3 is 0 Å². The fourth-order valence-electron chi connectivity index (χ4n) is 3.29. The van der Waals surface area contributed by atoms with Crippen LogP contribution in [0.25, 0.3) is 0 Å². The largest absolute Gasteiger partial charge is 0.381 e. The van der Waals surface area contributed by atoms with Crippen LogP contribution in [-0.2, 0) is 0 Å². The van der Waals surface area contributed by atoms with Crippen molar-refractivity contribution >= 4 is 5.69 Å². The maximum Gasteiger partial charge on any atom is 0.161 e. The molecule has 0 unspecified atom stereocenters. The molecule has 0 radical (unpaired) electrons. The summed E-state index contributed by atoms with van der Waals surface area (Å²) in [5.74, 6) is -3.31. The number of anilines is 1. The first-order chi connectivity index (χ1) is 11.9. The highest BCUT2D eigenvalue weighted by atomic mass is 19.2. The normalized spacial score (nSPS) is 20.3. The quantitative estimate of drug-likeness (QED) is 0.624. The van der Waals surface area contributed by atoms with Gasteiger partial charge in [0.1, 0.15) is 5.82 Å². The first kappa shape index (κ1) is 17.5. The minimum Gasteiger partial charge on any atom is -0.381 e. The number of nitrogens with two attached hydrogens (primary N) is 1. The summed E-state index contributed by atoms with van der Waals surface area (Å²) in [4.78, 5) is 0. The van der Waals surface area contributed by atoms with Crippen LogP contribution >= 0.6 is 0 Å². The Morgan fingerprint density at radius 1 is 1.08 bits per heavy atom. The van der Waals surface area contributed by atoms with Crippen LogP contribution in [0, 0.1) is 24.4 Å². The molecule has 0 fully saturated rings. The molecule has 3 N–H and O–H groups in total. The van der Waals surface area contributed by atoms with E-state index in [2.05, 4.69) is 11.4 Å². The van der Waals surface area contributed by atoms with E-state index in [0.29, 0.717) is 25.5 Å². The van der Waals surface area contributed by atoms with Crippen LogP contribution in [0.1, 0.15) is 29.9 Å². The first-order valence-corrected chi connectivity index (χ1v) is 8.32. The van der Waals surface area contributed by atoms with Gasteiger partial charge in [0.15, 0.2) is 11.6 Å². The van der Waals surface area contributed by atoms with Gasteiger partial charge in [0.2, 0.25) is 0 Å². The van der Waals surface area contributed by atoms with Crippen molar-refractivity contribution in [1.29, 1.82) is 0 Å². The number of rotatable bonds is 4. The topological polar surface area (TPSA) is 38.0 Å². The summed E-state index contributed by atoms with van der Waals surface area (Å²) in [6.07, 6.45) is 3.10. The number of halogens is 3. The van der Waals surface area contributed by atoms with Crippen LogP contribution in [0.15, 0.2) is 48.0 Å². The molecule has 132 valence electrons. The monoisotopic (exact) mass is 346 g/mol. The predicted molar refractivity (Wildman–Crippen MR) is 94.0 cm³/mol. The maximum absolute atomic E-state index is 14.0. The number of hydrogen-bond acceptors (Lipinski definition) is 2. The summed E-state index contributed by atoms with van der Waals surface area (Å²) in [5.41, 5.74) is 9.68. The zero-order valence-electron chi connectivity index (χ0n) is 14.0. The molecule has 0 spiro atoms. The third kappa shape index (κ3) is 4.04.